The number of rotatable bonds is 6. The summed E-state index contributed by atoms with van der Waals surface area (Å²) >= 11 is 0. The van der Waals surface area contributed by atoms with E-state index in [4.69, 9.17) is 4.74 Å². The van der Waals surface area contributed by atoms with Crippen LogP contribution in [0.2, 0.25) is 0 Å². The van der Waals surface area contributed by atoms with E-state index in [9.17, 15) is 4.79 Å². The van der Waals surface area contributed by atoms with Crippen LogP contribution in [0.15, 0.2) is 24.3 Å². The summed E-state index contributed by atoms with van der Waals surface area (Å²) in [6.07, 6.45) is 4.59. The molecule has 126 valence electrons. The van der Waals surface area contributed by atoms with Gasteiger partial charge < -0.3 is 10.1 Å². The number of carbonyl (C=O) groups excluding carboxylic acids is 1. The highest BCUT2D eigenvalue weighted by atomic mass is 16.5. The lowest BCUT2D eigenvalue weighted by molar-refractivity contribution is -0.122. The smallest absolute Gasteiger partial charge is 0.223 e. The summed E-state index contributed by atoms with van der Waals surface area (Å²) in [6, 6.07) is 8.54. The van der Waals surface area contributed by atoms with E-state index in [1.54, 1.807) is 7.11 Å². The van der Waals surface area contributed by atoms with Crippen LogP contribution in [-0.2, 0) is 4.79 Å². The average Bonchev–Trinajstić information content (AvgIpc) is 3.42. The summed E-state index contributed by atoms with van der Waals surface area (Å²) in [5.41, 5.74) is 1.26. The third kappa shape index (κ3) is 4.25. The fourth-order valence-corrected chi connectivity index (χ4v) is 3.31. The van der Waals surface area contributed by atoms with Crippen molar-refractivity contribution in [3.8, 4) is 5.75 Å². The zero-order valence-corrected chi connectivity index (χ0v) is 14.3. The van der Waals surface area contributed by atoms with Crippen LogP contribution >= 0.6 is 0 Å². The predicted molar refractivity (Wildman–Crippen MR) is 91.4 cm³/mol. The number of hydrogen-bond acceptors (Lipinski definition) is 3. The van der Waals surface area contributed by atoms with Gasteiger partial charge in [-0.15, -0.1) is 0 Å². The second-order valence-corrected chi connectivity index (χ2v) is 7.03. The van der Waals surface area contributed by atoms with Crippen LogP contribution in [0.4, 0.5) is 0 Å². The summed E-state index contributed by atoms with van der Waals surface area (Å²) in [5, 5.41) is 3.17. The van der Waals surface area contributed by atoms with E-state index in [0.717, 1.165) is 37.6 Å². The molecule has 1 aromatic rings. The normalized spacial score (nSPS) is 21.0. The molecule has 1 saturated heterocycles. The second-order valence-electron chi connectivity index (χ2n) is 7.03. The molecule has 2 aliphatic rings. The number of methoxy groups -OCH3 is 1. The molecule has 0 bridgehead atoms. The molecule has 0 aromatic heterocycles. The largest absolute Gasteiger partial charge is 0.497 e. The lowest BCUT2D eigenvalue weighted by Crippen LogP contribution is -2.42. The number of ether oxygens (including phenoxy) is 1. The molecule has 0 spiro atoms. The molecule has 0 radical (unpaired) electrons. The summed E-state index contributed by atoms with van der Waals surface area (Å²) in [5.74, 6) is 2.19. The molecule has 4 heteroatoms. The van der Waals surface area contributed by atoms with Gasteiger partial charge in [0.1, 0.15) is 5.75 Å². The van der Waals surface area contributed by atoms with Crippen LogP contribution in [0.5, 0.6) is 5.75 Å². The summed E-state index contributed by atoms with van der Waals surface area (Å²) in [6.45, 7) is 5.25. The van der Waals surface area contributed by atoms with Crippen molar-refractivity contribution in [2.24, 2.45) is 11.8 Å². The topological polar surface area (TPSA) is 41.6 Å². The summed E-state index contributed by atoms with van der Waals surface area (Å²) in [7, 11) is 1.69. The minimum atomic E-state index is 0.230. The van der Waals surface area contributed by atoms with Crippen molar-refractivity contribution >= 4 is 5.91 Å². The van der Waals surface area contributed by atoms with E-state index in [1.165, 1.54) is 18.4 Å². The van der Waals surface area contributed by atoms with Crippen LogP contribution in [0.25, 0.3) is 0 Å². The Kier molecular flexibility index (Phi) is 5.21. The van der Waals surface area contributed by atoms with Gasteiger partial charge in [-0.1, -0.05) is 19.1 Å². The van der Waals surface area contributed by atoms with Gasteiger partial charge in [-0.05, 0) is 62.4 Å². The second kappa shape index (κ2) is 7.35. The Hall–Kier alpha value is -1.55. The number of nitrogens with one attached hydrogen (secondary N) is 1. The van der Waals surface area contributed by atoms with Gasteiger partial charge in [-0.25, -0.2) is 0 Å². The molecule has 1 aliphatic heterocycles. The van der Waals surface area contributed by atoms with Crippen molar-refractivity contribution in [1.29, 1.82) is 0 Å². The fraction of sp³-hybridized carbons (Fsp3) is 0.632. The molecule has 1 saturated carbocycles. The lowest BCUT2D eigenvalue weighted by Gasteiger charge is -2.37. The molecule has 1 unspecified atom stereocenters. The maximum atomic E-state index is 12.0. The Morgan fingerprint density at radius 1 is 1.22 bits per heavy atom. The molecule has 1 aliphatic carbocycles. The molecule has 23 heavy (non-hydrogen) atoms. The number of nitrogens with zero attached hydrogens (tertiary/aromatic N) is 1. The first-order valence-corrected chi connectivity index (χ1v) is 8.83. The molecule has 4 nitrogen and oxygen atoms in total. The van der Waals surface area contributed by atoms with Gasteiger partial charge in [-0.3, -0.25) is 9.69 Å². The lowest BCUT2D eigenvalue weighted by atomic mass is 9.95. The highest BCUT2D eigenvalue weighted by Gasteiger charge is 2.31. The Balaban J connectivity index is 1.69. The monoisotopic (exact) mass is 316 g/mol. The van der Waals surface area contributed by atoms with E-state index in [2.05, 4.69) is 29.3 Å². The van der Waals surface area contributed by atoms with Crippen LogP contribution in [0.1, 0.15) is 44.2 Å². The van der Waals surface area contributed by atoms with Crippen molar-refractivity contribution < 1.29 is 9.53 Å². The number of likely N-dealkylation sites (tertiary alicyclic amines) is 1. The number of piperidine rings is 1. The fourth-order valence-electron chi connectivity index (χ4n) is 3.31. The maximum absolute atomic E-state index is 12.0. The van der Waals surface area contributed by atoms with Crippen molar-refractivity contribution in [3.63, 3.8) is 0 Å². The van der Waals surface area contributed by atoms with Gasteiger partial charge in [0.15, 0.2) is 0 Å². The minimum absolute atomic E-state index is 0.230. The molecule has 2 fully saturated rings. The van der Waals surface area contributed by atoms with Crippen LogP contribution in [-0.4, -0.2) is 37.6 Å². The molecular weight excluding hydrogens is 288 g/mol. The van der Waals surface area contributed by atoms with Gasteiger partial charge in [0, 0.05) is 12.5 Å². The van der Waals surface area contributed by atoms with Gasteiger partial charge in [0.05, 0.1) is 13.2 Å². The molecule has 1 heterocycles. The first kappa shape index (κ1) is 16.3. The van der Waals surface area contributed by atoms with Crippen molar-refractivity contribution in [2.75, 3.05) is 26.7 Å². The standard InChI is InChI=1S/C19H28N2O2/c1-14-9-11-21(12-10-14)18(13-20-19(22)16-3-4-16)15-5-7-17(23-2)8-6-15/h5-8,14,16,18H,3-4,9-13H2,1-2H3,(H,20,22). The first-order valence-electron chi connectivity index (χ1n) is 8.83. The van der Waals surface area contributed by atoms with Crippen molar-refractivity contribution in [1.82, 2.24) is 10.2 Å². The zero-order chi connectivity index (χ0) is 16.2. The highest BCUT2D eigenvalue weighted by Crippen LogP contribution is 2.30. The average molecular weight is 316 g/mol. The predicted octanol–water partition coefficient (Wildman–Crippen LogP) is 2.99. The van der Waals surface area contributed by atoms with Gasteiger partial charge >= 0.3 is 0 Å². The molecule has 3 rings (SSSR count). The van der Waals surface area contributed by atoms with E-state index in [-0.39, 0.29) is 17.9 Å². The van der Waals surface area contributed by atoms with Crippen LogP contribution in [0, 0.1) is 11.8 Å². The molecule has 1 atom stereocenters. The van der Waals surface area contributed by atoms with Crippen LogP contribution < -0.4 is 10.1 Å². The van der Waals surface area contributed by atoms with E-state index in [0.29, 0.717) is 6.54 Å². The van der Waals surface area contributed by atoms with E-state index >= 15 is 0 Å². The maximum Gasteiger partial charge on any atom is 0.223 e. The Labute approximate surface area is 139 Å². The van der Waals surface area contributed by atoms with Gasteiger partial charge in [-0.2, -0.15) is 0 Å². The third-order valence-electron chi connectivity index (χ3n) is 5.18. The quantitative estimate of drug-likeness (QED) is 0.877. The summed E-state index contributed by atoms with van der Waals surface area (Å²) in [4.78, 5) is 14.5. The SMILES string of the molecule is COc1ccc(C(CNC(=O)C2CC2)N2CCC(C)CC2)cc1. The van der Waals surface area contributed by atoms with Crippen molar-refractivity contribution in [2.45, 2.75) is 38.6 Å². The third-order valence-corrected chi connectivity index (χ3v) is 5.18. The highest BCUT2D eigenvalue weighted by molar-refractivity contribution is 5.80. The number of carbonyl (C=O) groups is 1. The minimum Gasteiger partial charge on any atom is -0.497 e. The van der Waals surface area contributed by atoms with Crippen molar-refractivity contribution in [3.05, 3.63) is 29.8 Å². The number of amides is 1. The first-order chi connectivity index (χ1) is 11.2. The van der Waals surface area contributed by atoms with Gasteiger partial charge in [0.25, 0.3) is 0 Å². The molecule has 1 amide bonds. The van der Waals surface area contributed by atoms with Crippen LogP contribution in [0.3, 0.4) is 0 Å². The number of hydrogen-bond donors (Lipinski definition) is 1. The van der Waals surface area contributed by atoms with E-state index < -0.39 is 0 Å². The Bertz CT molecular complexity index is 517. The summed E-state index contributed by atoms with van der Waals surface area (Å²) < 4.78 is 5.26. The Morgan fingerprint density at radius 3 is 2.43 bits per heavy atom. The molecule has 1 aromatic carbocycles. The molecular formula is C19H28N2O2. The van der Waals surface area contributed by atoms with E-state index in [1.807, 2.05) is 12.1 Å². The van der Waals surface area contributed by atoms with Gasteiger partial charge in [0.2, 0.25) is 5.91 Å². The Morgan fingerprint density at radius 2 is 1.87 bits per heavy atom. The zero-order valence-electron chi connectivity index (χ0n) is 14.3. The number of benzene rings is 1. The molecule has 1 N–H and O–H groups in total.